The van der Waals surface area contributed by atoms with Crippen LogP contribution in [-0.2, 0) is 9.59 Å². The number of nitrogens with one attached hydrogen (secondary N) is 2. The van der Waals surface area contributed by atoms with Gasteiger partial charge in [-0.15, -0.1) is 0 Å². The summed E-state index contributed by atoms with van der Waals surface area (Å²) in [5, 5.41) is 13.6. The number of piperidine rings is 1. The lowest BCUT2D eigenvalue weighted by Gasteiger charge is -2.36. The molecule has 0 saturated carbocycles. The number of imide groups is 1. The Morgan fingerprint density at radius 3 is 2.61 bits per heavy atom. The number of hydrogen-bond acceptors (Lipinski definition) is 4. The van der Waals surface area contributed by atoms with Gasteiger partial charge in [0.15, 0.2) is 0 Å². The number of carboxylic acids is 1. The van der Waals surface area contributed by atoms with Crippen LogP contribution in [0.4, 0.5) is 4.79 Å². The van der Waals surface area contributed by atoms with Gasteiger partial charge in [-0.05, 0) is 26.3 Å². The van der Waals surface area contributed by atoms with Crippen molar-refractivity contribution < 1.29 is 19.5 Å². The number of carbonyl (C=O) groups excluding carboxylic acids is 2. The molecule has 1 unspecified atom stereocenters. The van der Waals surface area contributed by atoms with Crippen molar-refractivity contribution in [2.45, 2.75) is 19.8 Å². The third kappa shape index (κ3) is 3.69. The molecule has 1 heterocycles. The van der Waals surface area contributed by atoms with Crippen LogP contribution in [0.15, 0.2) is 0 Å². The number of likely N-dealkylation sites (tertiary alicyclic amines) is 1. The van der Waals surface area contributed by atoms with Crippen molar-refractivity contribution in [2.75, 3.05) is 26.7 Å². The summed E-state index contributed by atoms with van der Waals surface area (Å²) in [4.78, 5) is 35.3. The van der Waals surface area contributed by atoms with Gasteiger partial charge >= 0.3 is 12.0 Å². The second kappa shape index (κ2) is 5.81. The van der Waals surface area contributed by atoms with E-state index < -0.39 is 23.3 Å². The highest BCUT2D eigenvalue weighted by Crippen LogP contribution is 2.29. The van der Waals surface area contributed by atoms with Gasteiger partial charge in [0, 0.05) is 13.6 Å². The molecule has 0 aromatic carbocycles. The summed E-state index contributed by atoms with van der Waals surface area (Å²) in [6.45, 7) is 2.71. The molecule has 0 spiro atoms. The number of hydrogen-bond donors (Lipinski definition) is 3. The predicted molar refractivity (Wildman–Crippen MR) is 64.0 cm³/mol. The molecule has 3 N–H and O–H groups in total. The van der Waals surface area contributed by atoms with E-state index in [4.69, 9.17) is 5.11 Å². The maximum Gasteiger partial charge on any atom is 0.321 e. The summed E-state index contributed by atoms with van der Waals surface area (Å²) in [7, 11) is 1.42. The Kier molecular flexibility index (Phi) is 4.66. The quantitative estimate of drug-likeness (QED) is 0.640. The summed E-state index contributed by atoms with van der Waals surface area (Å²) < 4.78 is 0. The fourth-order valence-corrected chi connectivity index (χ4v) is 2.09. The Labute approximate surface area is 106 Å². The summed E-state index contributed by atoms with van der Waals surface area (Å²) in [6, 6.07) is -0.557. The minimum atomic E-state index is -0.848. The normalized spacial score (nSPS) is 24.3. The van der Waals surface area contributed by atoms with Crippen LogP contribution in [0.1, 0.15) is 19.8 Å². The third-order valence-electron chi connectivity index (χ3n) is 3.14. The summed E-state index contributed by atoms with van der Waals surface area (Å²) >= 11 is 0. The molecule has 1 rings (SSSR count). The maximum atomic E-state index is 11.5. The van der Waals surface area contributed by atoms with Crippen molar-refractivity contribution in [3.05, 3.63) is 0 Å². The zero-order valence-corrected chi connectivity index (χ0v) is 10.7. The molecule has 1 atom stereocenters. The van der Waals surface area contributed by atoms with Crippen LogP contribution in [0.5, 0.6) is 0 Å². The second-order valence-electron chi connectivity index (χ2n) is 4.81. The lowest BCUT2D eigenvalue weighted by molar-refractivity contribution is -0.151. The first-order chi connectivity index (χ1) is 8.37. The highest BCUT2D eigenvalue weighted by Gasteiger charge is 2.38. The monoisotopic (exact) mass is 257 g/mol. The number of rotatable bonds is 3. The maximum absolute atomic E-state index is 11.5. The number of nitrogens with zero attached hydrogens (tertiary/aromatic N) is 1. The van der Waals surface area contributed by atoms with Gasteiger partial charge in [-0.1, -0.05) is 0 Å². The second-order valence-corrected chi connectivity index (χ2v) is 4.81. The molecule has 18 heavy (non-hydrogen) atoms. The molecule has 1 saturated heterocycles. The van der Waals surface area contributed by atoms with Gasteiger partial charge in [0.05, 0.1) is 12.0 Å². The van der Waals surface area contributed by atoms with Gasteiger partial charge in [0.1, 0.15) is 0 Å². The summed E-state index contributed by atoms with van der Waals surface area (Å²) in [5.74, 6) is -1.28. The van der Waals surface area contributed by atoms with Crippen LogP contribution in [0, 0.1) is 5.41 Å². The molecule has 3 amide bonds. The number of amides is 3. The molecule has 0 aromatic heterocycles. The molecule has 0 bridgehead atoms. The van der Waals surface area contributed by atoms with Crippen molar-refractivity contribution in [1.29, 1.82) is 0 Å². The van der Waals surface area contributed by atoms with Crippen molar-refractivity contribution in [3.8, 4) is 0 Å². The van der Waals surface area contributed by atoms with E-state index in [9.17, 15) is 14.4 Å². The van der Waals surface area contributed by atoms with E-state index in [0.29, 0.717) is 19.5 Å². The fraction of sp³-hybridized carbons (Fsp3) is 0.727. The third-order valence-corrected chi connectivity index (χ3v) is 3.14. The number of aliphatic carboxylic acids is 1. The van der Waals surface area contributed by atoms with Crippen molar-refractivity contribution >= 4 is 17.9 Å². The molecule has 7 nitrogen and oxygen atoms in total. The molecule has 7 heteroatoms. The first kappa shape index (κ1) is 14.4. The van der Waals surface area contributed by atoms with Crippen LogP contribution in [-0.4, -0.2) is 54.6 Å². The van der Waals surface area contributed by atoms with Crippen LogP contribution in [0.2, 0.25) is 0 Å². The minimum absolute atomic E-state index is 0.0380. The molecule has 1 fully saturated rings. The van der Waals surface area contributed by atoms with Crippen LogP contribution < -0.4 is 10.6 Å². The molecular formula is C11H19N3O4. The Hall–Kier alpha value is -1.63. The molecule has 1 aliphatic rings. The number of urea groups is 1. The Bertz CT molecular complexity index is 358. The topological polar surface area (TPSA) is 98.7 Å². The first-order valence-electron chi connectivity index (χ1n) is 5.85. The van der Waals surface area contributed by atoms with E-state index in [1.54, 1.807) is 11.8 Å². The standard InChI is InChI=1S/C11H19N3O4/c1-11(9(16)17)4-3-5-14(7-11)6-8(15)13-10(18)12-2/h3-7H2,1-2H3,(H,16,17)(H2,12,13,15,18). The van der Waals surface area contributed by atoms with E-state index in [2.05, 4.69) is 10.6 Å². The van der Waals surface area contributed by atoms with E-state index in [1.807, 2.05) is 0 Å². The highest BCUT2D eigenvalue weighted by molar-refractivity contribution is 5.95. The molecule has 0 aromatic rings. The predicted octanol–water partition coefficient (Wildman–Crippen LogP) is -0.371. The largest absolute Gasteiger partial charge is 0.481 e. The lowest BCUT2D eigenvalue weighted by atomic mass is 9.82. The van der Waals surface area contributed by atoms with Gasteiger partial charge in [-0.25, -0.2) is 4.79 Å². The SMILES string of the molecule is CNC(=O)NC(=O)CN1CCCC(C)(C(=O)O)C1. The Morgan fingerprint density at radius 2 is 2.06 bits per heavy atom. The smallest absolute Gasteiger partial charge is 0.321 e. The van der Waals surface area contributed by atoms with Crippen LogP contribution >= 0.6 is 0 Å². The molecular weight excluding hydrogens is 238 g/mol. The van der Waals surface area contributed by atoms with Gasteiger partial charge in [0.2, 0.25) is 5.91 Å². The Morgan fingerprint density at radius 1 is 1.39 bits per heavy atom. The zero-order valence-electron chi connectivity index (χ0n) is 10.7. The van der Waals surface area contributed by atoms with E-state index in [1.165, 1.54) is 7.05 Å². The van der Waals surface area contributed by atoms with Gasteiger partial charge < -0.3 is 10.4 Å². The van der Waals surface area contributed by atoms with E-state index >= 15 is 0 Å². The average molecular weight is 257 g/mol. The van der Waals surface area contributed by atoms with Gasteiger partial charge in [0.25, 0.3) is 0 Å². The van der Waals surface area contributed by atoms with Gasteiger partial charge in [-0.3, -0.25) is 19.8 Å². The zero-order chi connectivity index (χ0) is 13.8. The van der Waals surface area contributed by atoms with Crippen molar-refractivity contribution in [3.63, 3.8) is 0 Å². The van der Waals surface area contributed by atoms with Crippen molar-refractivity contribution in [2.24, 2.45) is 5.41 Å². The Balaban J connectivity index is 2.50. The van der Waals surface area contributed by atoms with Crippen LogP contribution in [0.25, 0.3) is 0 Å². The van der Waals surface area contributed by atoms with E-state index in [-0.39, 0.29) is 6.54 Å². The molecule has 0 aliphatic carbocycles. The van der Waals surface area contributed by atoms with Gasteiger partial charge in [-0.2, -0.15) is 0 Å². The average Bonchev–Trinajstić information content (AvgIpc) is 2.28. The lowest BCUT2D eigenvalue weighted by Crippen LogP contribution is -2.50. The highest BCUT2D eigenvalue weighted by atomic mass is 16.4. The first-order valence-corrected chi connectivity index (χ1v) is 5.85. The number of carbonyl (C=O) groups is 3. The number of carboxylic acid groups (broad SMARTS) is 1. The van der Waals surface area contributed by atoms with E-state index in [0.717, 1.165) is 6.42 Å². The summed E-state index contributed by atoms with van der Waals surface area (Å²) in [5.41, 5.74) is -0.814. The fourth-order valence-electron chi connectivity index (χ4n) is 2.09. The molecule has 1 aliphatic heterocycles. The van der Waals surface area contributed by atoms with Crippen LogP contribution in [0.3, 0.4) is 0 Å². The summed E-state index contributed by atoms with van der Waals surface area (Å²) in [6.07, 6.45) is 1.34. The minimum Gasteiger partial charge on any atom is -0.481 e. The molecule has 102 valence electrons. The molecule has 0 radical (unpaired) electrons. The van der Waals surface area contributed by atoms with Crippen molar-refractivity contribution in [1.82, 2.24) is 15.5 Å².